The molecule has 0 aliphatic carbocycles. The first-order valence-corrected chi connectivity index (χ1v) is 8.68. The molecule has 4 N–H and O–H groups in total. The second kappa shape index (κ2) is 7.56. The number of amides is 2. The van der Waals surface area contributed by atoms with Gasteiger partial charge in [-0.25, -0.2) is 9.59 Å². The van der Waals surface area contributed by atoms with Crippen LogP contribution in [0.2, 0.25) is 0 Å². The smallest absolute Gasteiger partial charge is 0.415 e. The lowest BCUT2D eigenvalue weighted by Gasteiger charge is -2.27. The summed E-state index contributed by atoms with van der Waals surface area (Å²) in [5.74, 6) is 0.763. The van der Waals surface area contributed by atoms with Gasteiger partial charge in [-0.1, -0.05) is 18.2 Å². The molecule has 2 aromatic rings. The fraction of sp³-hybridized carbons (Fsp3) is 0.176. The van der Waals surface area contributed by atoms with Crippen LogP contribution in [0.25, 0.3) is 0 Å². The number of nitrogens with zero attached hydrogens (tertiary/aromatic N) is 1. The predicted octanol–water partition coefficient (Wildman–Crippen LogP) is 1.00. The molecule has 1 aromatic carbocycles. The number of nitrogens with one attached hydrogen (secondary N) is 1. The number of carboxylic acid groups (broad SMARTS) is 1. The number of carbonyl (C=O) groups excluding carboxylic acids is 3. The van der Waals surface area contributed by atoms with Crippen LogP contribution >= 0.6 is 11.3 Å². The molecule has 0 fully saturated rings. The van der Waals surface area contributed by atoms with Crippen molar-refractivity contribution in [2.75, 3.05) is 11.9 Å². The Kier molecular flexibility index (Phi) is 5.19. The molecule has 10 heteroatoms. The number of hydrogen-bond acceptors (Lipinski definition) is 7. The maximum Gasteiger partial charge on any atom is 0.415 e. The van der Waals surface area contributed by atoms with E-state index < -0.39 is 17.8 Å². The minimum Gasteiger partial charge on any atom is -0.478 e. The summed E-state index contributed by atoms with van der Waals surface area (Å²) in [5.41, 5.74) is 0.996. The first kappa shape index (κ1) is 18.5. The number of benzene rings is 1. The van der Waals surface area contributed by atoms with Crippen LogP contribution in [0.1, 0.15) is 31.2 Å². The van der Waals surface area contributed by atoms with Gasteiger partial charge in [0.05, 0.1) is 12.1 Å². The molecule has 2 amide bonds. The number of rotatable bonds is 3. The van der Waals surface area contributed by atoms with Crippen LogP contribution in [0.5, 0.6) is 0 Å². The Morgan fingerprint density at radius 3 is 2.52 bits per heavy atom. The van der Waals surface area contributed by atoms with Crippen LogP contribution in [-0.2, 0) is 27.4 Å². The lowest BCUT2D eigenvalue weighted by molar-refractivity contribution is -0.152. The number of nitrogens with two attached hydrogens (primary N) is 1. The maximum atomic E-state index is 12.6. The molecule has 0 unspecified atom stereocenters. The fourth-order valence-electron chi connectivity index (χ4n) is 2.86. The molecule has 3 rings (SSSR count). The minimum atomic E-state index is -1.33. The van der Waals surface area contributed by atoms with Crippen molar-refractivity contribution in [2.24, 2.45) is 5.90 Å². The molecule has 0 bridgehead atoms. The van der Waals surface area contributed by atoms with Gasteiger partial charge in [-0.3, -0.25) is 9.59 Å². The summed E-state index contributed by atoms with van der Waals surface area (Å²) in [6.07, 6.45) is 0.323. The van der Waals surface area contributed by atoms with Crippen LogP contribution in [0.15, 0.2) is 30.3 Å². The summed E-state index contributed by atoms with van der Waals surface area (Å²) in [4.78, 5) is 53.2. The zero-order valence-corrected chi connectivity index (χ0v) is 14.7. The Morgan fingerprint density at radius 1 is 1.19 bits per heavy atom. The monoisotopic (exact) mass is 389 g/mol. The number of carbonyl (C=O) groups is 4. The third kappa shape index (κ3) is 3.66. The quantitative estimate of drug-likeness (QED) is 0.526. The molecule has 0 saturated carbocycles. The Bertz CT molecular complexity index is 924. The van der Waals surface area contributed by atoms with Crippen molar-refractivity contribution in [1.29, 1.82) is 0 Å². The summed E-state index contributed by atoms with van der Waals surface area (Å²) in [5, 5.41) is 11.7. The Labute approximate surface area is 157 Å². The topological polar surface area (TPSA) is 139 Å². The van der Waals surface area contributed by atoms with Crippen molar-refractivity contribution >= 4 is 40.1 Å². The third-order valence-corrected chi connectivity index (χ3v) is 5.23. The number of hydrogen-bond donors (Lipinski definition) is 3. The molecular weight excluding hydrogens is 374 g/mol. The first-order chi connectivity index (χ1) is 12.9. The zero-order valence-electron chi connectivity index (χ0n) is 13.9. The van der Waals surface area contributed by atoms with E-state index in [1.54, 1.807) is 29.2 Å². The van der Waals surface area contributed by atoms with Crippen LogP contribution in [0.4, 0.5) is 5.00 Å². The fourth-order valence-corrected chi connectivity index (χ4v) is 4.11. The van der Waals surface area contributed by atoms with Gasteiger partial charge in [0, 0.05) is 17.0 Å². The van der Waals surface area contributed by atoms with Crippen LogP contribution in [-0.4, -0.2) is 40.3 Å². The molecular formula is C17H15N3O6S. The summed E-state index contributed by atoms with van der Waals surface area (Å²) >= 11 is 1.01. The maximum absolute atomic E-state index is 12.6. The van der Waals surface area contributed by atoms with E-state index in [4.69, 9.17) is 0 Å². The summed E-state index contributed by atoms with van der Waals surface area (Å²) in [6.45, 7) is 0.557. The van der Waals surface area contributed by atoms with E-state index in [0.29, 0.717) is 29.0 Å². The average Bonchev–Trinajstić information content (AvgIpc) is 3.04. The van der Waals surface area contributed by atoms with Crippen molar-refractivity contribution < 1.29 is 29.1 Å². The molecule has 1 aliphatic heterocycles. The van der Waals surface area contributed by atoms with E-state index in [2.05, 4.69) is 16.1 Å². The molecule has 27 heavy (non-hydrogen) atoms. The normalized spacial score (nSPS) is 12.9. The van der Waals surface area contributed by atoms with Gasteiger partial charge in [0.25, 0.3) is 5.91 Å². The van der Waals surface area contributed by atoms with Crippen molar-refractivity contribution in [3.63, 3.8) is 0 Å². The minimum absolute atomic E-state index is 0.0110. The number of anilines is 1. The highest BCUT2D eigenvalue weighted by Gasteiger charge is 2.31. The van der Waals surface area contributed by atoms with E-state index in [1.165, 1.54) is 0 Å². The van der Waals surface area contributed by atoms with Gasteiger partial charge in [-0.15, -0.1) is 11.3 Å². The Morgan fingerprint density at radius 2 is 1.89 bits per heavy atom. The Hall–Kier alpha value is -3.24. The second-order valence-electron chi connectivity index (χ2n) is 5.72. The molecule has 0 saturated heterocycles. The number of carboxylic acids is 1. The van der Waals surface area contributed by atoms with Crippen molar-refractivity contribution in [2.45, 2.75) is 13.0 Å². The summed E-state index contributed by atoms with van der Waals surface area (Å²) in [7, 11) is 0. The van der Waals surface area contributed by atoms with Gasteiger partial charge >= 0.3 is 17.8 Å². The second-order valence-corrected chi connectivity index (χ2v) is 6.82. The van der Waals surface area contributed by atoms with E-state index in [1.807, 2.05) is 6.07 Å². The number of aromatic carboxylic acids is 1. The molecule has 0 atom stereocenters. The van der Waals surface area contributed by atoms with Crippen molar-refractivity contribution in [3.8, 4) is 0 Å². The van der Waals surface area contributed by atoms with E-state index in [0.717, 1.165) is 11.3 Å². The zero-order chi connectivity index (χ0) is 19.6. The lowest BCUT2D eigenvalue weighted by Crippen LogP contribution is -2.35. The van der Waals surface area contributed by atoms with Gasteiger partial charge in [0.15, 0.2) is 0 Å². The molecule has 0 radical (unpaired) electrons. The summed E-state index contributed by atoms with van der Waals surface area (Å²) < 4.78 is 0. The summed E-state index contributed by atoms with van der Waals surface area (Å²) in [6, 6.07) is 8.75. The van der Waals surface area contributed by atoms with Gasteiger partial charge in [-0.05, 0) is 24.1 Å². The molecule has 2 heterocycles. The van der Waals surface area contributed by atoms with Crippen LogP contribution in [0.3, 0.4) is 0 Å². The van der Waals surface area contributed by atoms with Crippen LogP contribution < -0.4 is 11.2 Å². The SMILES string of the molecule is NOC(=O)C(=O)Nc1sc2c(c1C(=O)O)CCN(C(=O)c1ccccc1)C2. The average molecular weight is 389 g/mol. The number of thiophene rings is 1. The Balaban J connectivity index is 1.87. The first-order valence-electron chi connectivity index (χ1n) is 7.86. The largest absolute Gasteiger partial charge is 0.478 e. The highest BCUT2D eigenvalue weighted by Crippen LogP contribution is 2.37. The number of fused-ring (bicyclic) bond motifs is 1. The standard InChI is InChI=1S/C17H15N3O6S/c18-26-17(25)13(21)19-14-12(16(23)24)10-6-7-20(8-11(10)27-14)15(22)9-4-2-1-3-5-9/h1-5H,6-8,18H2,(H,19,21)(H,23,24). The van der Waals surface area contributed by atoms with Gasteiger partial charge in [0.1, 0.15) is 5.00 Å². The van der Waals surface area contributed by atoms with Crippen molar-refractivity contribution in [1.82, 2.24) is 4.90 Å². The van der Waals surface area contributed by atoms with E-state index >= 15 is 0 Å². The molecule has 1 aromatic heterocycles. The van der Waals surface area contributed by atoms with Crippen molar-refractivity contribution in [3.05, 3.63) is 51.9 Å². The highest BCUT2D eigenvalue weighted by molar-refractivity contribution is 7.17. The molecule has 0 spiro atoms. The third-order valence-electron chi connectivity index (χ3n) is 4.10. The molecule has 1 aliphatic rings. The molecule has 140 valence electrons. The lowest BCUT2D eigenvalue weighted by atomic mass is 10.0. The van der Waals surface area contributed by atoms with Crippen LogP contribution in [0, 0.1) is 0 Å². The van der Waals surface area contributed by atoms with E-state index in [-0.39, 0.29) is 23.0 Å². The predicted molar refractivity (Wildman–Crippen MR) is 95.1 cm³/mol. The van der Waals surface area contributed by atoms with E-state index in [9.17, 15) is 24.3 Å². The molecule has 9 nitrogen and oxygen atoms in total. The highest BCUT2D eigenvalue weighted by atomic mass is 32.1. The van der Waals surface area contributed by atoms with Gasteiger partial charge in [-0.2, -0.15) is 5.90 Å². The van der Waals surface area contributed by atoms with Gasteiger partial charge < -0.3 is 20.2 Å². The van der Waals surface area contributed by atoms with Gasteiger partial charge in [0.2, 0.25) is 0 Å².